The summed E-state index contributed by atoms with van der Waals surface area (Å²) >= 11 is 0. The molecule has 1 unspecified atom stereocenters. The molecule has 5 nitrogen and oxygen atoms in total. The van der Waals surface area contributed by atoms with E-state index < -0.39 is 5.97 Å². The second-order valence-electron chi connectivity index (χ2n) is 6.52. The number of aryl methyl sites for hydroxylation is 2. The molecule has 0 fully saturated rings. The van der Waals surface area contributed by atoms with E-state index in [9.17, 15) is 4.79 Å². The monoisotopic (exact) mass is 327 g/mol. The summed E-state index contributed by atoms with van der Waals surface area (Å²) in [7, 11) is 0. The highest BCUT2D eigenvalue weighted by Crippen LogP contribution is 2.39. The van der Waals surface area contributed by atoms with Gasteiger partial charge in [0.15, 0.2) is 0 Å². The Hall–Kier alpha value is -2.30. The van der Waals surface area contributed by atoms with Crippen molar-refractivity contribution in [3.8, 4) is 0 Å². The Morgan fingerprint density at radius 2 is 2.25 bits per heavy atom. The fourth-order valence-electron chi connectivity index (χ4n) is 3.54. The minimum absolute atomic E-state index is 0.185. The van der Waals surface area contributed by atoms with Gasteiger partial charge in [-0.25, -0.2) is 4.98 Å². The number of carboxylic acid groups (broad SMARTS) is 1. The van der Waals surface area contributed by atoms with E-state index in [1.807, 2.05) is 12.5 Å². The number of aliphatic carboxylic acids is 1. The molecule has 1 N–H and O–H groups in total. The number of carboxylic acids is 1. The lowest BCUT2D eigenvalue weighted by Crippen LogP contribution is -2.25. The Labute approximate surface area is 142 Å². The maximum Gasteiger partial charge on any atom is 0.305 e. The average Bonchev–Trinajstić information content (AvgIpc) is 3.19. The summed E-state index contributed by atoms with van der Waals surface area (Å²) < 4.78 is 2.11. The van der Waals surface area contributed by atoms with E-state index >= 15 is 0 Å². The predicted octanol–water partition coefficient (Wildman–Crippen LogP) is 3.30. The summed E-state index contributed by atoms with van der Waals surface area (Å²) in [6.07, 6.45) is 9.11. The second kappa shape index (κ2) is 7.51. The van der Waals surface area contributed by atoms with Crippen LogP contribution in [-0.4, -0.2) is 33.7 Å². The van der Waals surface area contributed by atoms with Gasteiger partial charge in [0.2, 0.25) is 0 Å². The van der Waals surface area contributed by atoms with Crippen LogP contribution in [0.25, 0.3) is 0 Å². The van der Waals surface area contributed by atoms with Gasteiger partial charge in [0.25, 0.3) is 0 Å². The molecule has 2 aromatic rings. The molecule has 0 amide bonds. The van der Waals surface area contributed by atoms with E-state index in [4.69, 9.17) is 5.11 Å². The molecule has 3 rings (SSSR count). The standard InChI is InChI=1S/C19H25N3O2/c1-2-3-15-4-5-18-17(12-15)16(6-9-21-11-8-20-14-21)13-22(18)10-7-19(23)24/h4-5,8,11-12,14,16H,2-3,6-7,9-10,13H2,1H3,(H,23,24). The van der Waals surface area contributed by atoms with Crippen molar-refractivity contribution in [3.05, 3.63) is 48.0 Å². The van der Waals surface area contributed by atoms with Gasteiger partial charge in [-0.3, -0.25) is 4.79 Å². The number of hydrogen-bond donors (Lipinski definition) is 1. The van der Waals surface area contributed by atoms with Crippen LogP contribution in [-0.2, 0) is 17.8 Å². The molecule has 0 bridgehead atoms. The Morgan fingerprint density at radius 1 is 1.38 bits per heavy atom. The molecule has 0 saturated carbocycles. The molecular weight excluding hydrogens is 302 g/mol. The highest BCUT2D eigenvalue weighted by molar-refractivity contribution is 5.69. The van der Waals surface area contributed by atoms with Crippen molar-refractivity contribution in [2.24, 2.45) is 0 Å². The van der Waals surface area contributed by atoms with Crippen molar-refractivity contribution in [1.82, 2.24) is 9.55 Å². The smallest absolute Gasteiger partial charge is 0.305 e. The quantitative estimate of drug-likeness (QED) is 0.808. The number of imidazole rings is 1. The molecule has 5 heteroatoms. The van der Waals surface area contributed by atoms with Crippen molar-refractivity contribution in [3.63, 3.8) is 0 Å². The van der Waals surface area contributed by atoms with Crippen LogP contribution in [0.2, 0.25) is 0 Å². The number of benzene rings is 1. The van der Waals surface area contributed by atoms with Gasteiger partial charge in [0.1, 0.15) is 0 Å². The average molecular weight is 327 g/mol. The van der Waals surface area contributed by atoms with Crippen molar-refractivity contribution in [2.45, 2.75) is 45.1 Å². The molecule has 1 aromatic heterocycles. The number of nitrogens with zero attached hydrogens (tertiary/aromatic N) is 3. The minimum Gasteiger partial charge on any atom is -0.481 e. The summed E-state index contributed by atoms with van der Waals surface area (Å²) in [5, 5.41) is 8.99. The normalized spacial score (nSPS) is 16.4. The van der Waals surface area contributed by atoms with Gasteiger partial charge in [-0.1, -0.05) is 25.5 Å². The maximum absolute atomic E-state index is 10.9. The molecule has 1 aromatic carbocycles. The largest absolute Gasteiger partial charge is 0.481 e. The zero-order chi connectivity index (χ0) is 16.9. The third-order valence-corrected chi connectivity index (χ3v) is 4.74. The Morgan fingerprint density at radius 3 is 2.96 bits per heavy atom. The fraction of sp³-hybridized carbons (Fsp3) is 0.474. The molecule has 128 valence electrons. The van der Waals surface area contributed by atoms with Crippen LogP contribution in [0, 0.1) is 0 Å². The number of rotatable bonds is 8. The first-order chi connectivity index (χ1) is 11.7. The molecule has 1 aliphatic rings. The lowest BCUT2D eigenvalue weighted by molar-refractivity contribution is -0.136. The van der Waals surface area contributed by atoms with Crippen LogP contribution < -0.4 is 4.90 Å². The first kappa shape index (κ1) is 16.6. The van der Waals surface area contributed by atoms with E-state index in [0.717, 1.165) is 32.4 Å². The van der Waals surface area contributed by atoms with E-state index in [2.05, 4.69) is 39.6 Å². The molecule has 2 heterocycles. The van der Waals surface area contributed by atoms with E-state index in [1.54, 1.807) is 6.20 Å². The molecule has 0 radical (unpaired) electrons. The predicted molar refractivity (Wildman–Crippen MR) is 94.5 cm³/mol. The number of fused-ring (bicyclic) bond motifs is 1. The van der Waals surface area contributed by atoms with Crippen molar-refractivity contribution < 1.29 is 9.90 Å². The van der Waals surface area contributed by atoms with Crippen LogP contribution in [0.15, 0.2) is 36.9 Å². The third-order valence-electron chi connectivity index (χ3n) is 4.74. The Balaban J connectivity index is 1.77. The lowest BCUT2D eigenvalue weighted by Gasteiger charge is -2.19. The second-order valence-corrected chi connectivity index (χ2v) is 6.52. The minimum atomic E-state index is -0.735. The third kappa shape index (κ3) is 3.78. The van der Waals surface area contributed by atoms with Gasteiger partial charge in [0, 0.05) is 43.6 Å². The maximum atomic E-state index is 10.9. The zero-order valence-corrected chi connectivity index (χ0v) is 14.2. The van der Waals surface area contributed by atoms with Crippen LogP contribution >= 0.6 is 0 Å². The SMILES string of the molecule is CCCc1ccc2c(c1)C(CCn1ccnc1)CN2CCC(=O)O. The summed E-state index contributed by atoms with van der Waals surface area (Å²) in [5.74, 6) is -0.283. The number of aromatic nitrogens is 2. The highest BCUT2D eigenvalue weighted by atomic mass is 16.4. The molecule has 1 atom stereocenters. The van der Waals surface area contributed by atoms with Gasteiger partial charge >= 0.3 is 5.97 Å². The van der Waals surface area contributed by atoms with Crippen LogP contribution in [0.1, 0.15) is 43.2 Å². The molecule has 0 aliphatic carbocycles. The Bertz CT molecular complexity index is 682. The fourth-order valence-corrected chi connectivity index (χ4v) is 3.54. The van der Waals surface area contributed by atoms with Gasteiger partial charge in [-0.05, 0) is 30.0 Å². The first-order valence-electron chi connectivity index (χ1n) is 8.72. The van der Waals surface area contributed by atoms with E-state index in [1.165, 1.54) is 16.8 Å². The van der Waals surface area contributed by atoms with E-state index in [0.29, 0.717) is 12.5 Å². The number of hydrogen-bond acceptors (Lipinski definition) is 3. The summed E-state index contributed by atoms with van der Waals surface area (Å²) in [4.78, 5) is 17.3. The zero-order valence-electron chi connectivity index (χ0n) is 14.2. The molecule has 0 saturated heterocycles. The van der Waals surface area contributed by atoms with Gasteiger partial charge < -0.3 is 14.6 Å². The van der Waals surface area contributed by atoms with Crippen LogP contribution in [0.4, 0.5) is 5.69 Å². The van der Waals surface area contributed by atoms with Crippen molar-refractivity contribution in [1.29, 1.82) is 0 Å². The van der Waals surface area contributed by atoms with Crippen molar-refractivity contribution in [2.75, 3.05) is 18.0 Å². The summed E-state index contributed by atoms with van der Waals surface area (Å²) in [6, 6.07) is 6.70. The molecule has 24 heavy (non-hydrogen) atoms. The highest BCUT2D eigenvalue weighted by Gasteiger charge is 2.28. The number of anilines is 1. The molecule has 1 aliphatic heterocycles. The topological polar surface area (TPSA) is 58.4 Å². The van der Waals surface area contributed by atoms with E-state index in [-0.39, 0.29) is 6.42 Å². The van der Waals surface area contributed by atoms with Gasteiger partial charge in [-0.2, -0.15) is 0 Å². The molecular formula is C19H25N3O2. The van der Waals surface area contributed by atoms with Gasteiger partial charge in [0.05, 0.1) is 12.7 Å². The van der Waals surface area contributed by atoms with Gasteiger partial charge in [-0.15, -0.1) is 0 Å². The Kier molecular flexibility index (Phi) is 5.18. The first-order valence-corrected chi connectivity index (χ1v) is 8.72. The van der Waals surface area contributed by atoms with Crippen LogP contribution in [0.3, 0.4) is 0 Å². The van der Waals surface area contributed by atoms with Crippen LogP contribution in [0.5, 0.6) is 0 Å². The summed E-state index contributed by atoms with van der Waals surface area (Å²) in [6.45, 7) is 4.63. The lowest BCUT2D eigenvalue weighted by atomic mass is 9.95. The summed E-state index contributed by atoms with van der Waals surface area (Å²) in [5.41, 5.74) is 3.97. The number of carbonyl (C=O) groups is 1. The van der Waals surface area contributed by atoms with Crippen molar-refractivity contribution >= 4 is 11.7 Å². The molecule has 0 spiro atoms.